The van der Waals surface area contributed by atoms with E-state index in [2.05, 4.69) is 35.5 Å². The summed E-state index contributed by atoms with van der Waals surface area (Å²) in [7, 11) is 3.84. The second-order valence-electron chi connectivity index (χ2n) is 9.66. The molecule has 2 amide bonds. The van der Waals surface area contributed by atoms with Crippen LogP contribution in [0.2, 0.25) is 0 Å². The molecule has 0 bridgehead atoms. The molecule has 0 aliphatic carbocycles. The molecule has 5 rings (SSSR count). The molecule has 0 radical (unpaired) electrons. The van der Waals surface area contributed by atoms with E-state index in [1.807, 2.05) is 31.1 Å². The molecule has 2 aliphatic heterocycles. The maximum absolute atomic E-state index is 14.3. The van der Waals surface area contributed by atoms with Crippen LogP contribution >= 0.6 is 11.8 Å². The maximum atomic E-state index is 14.3. The Morgan fingerprint density at radius 2 is 1.97 bits per heavy atom. The van der Waals surface area contributed by atoms with Gasteiger partial charge in [0, 0.05) is 57.8 Å². The molecule has 10 nitrogen and oxygen atoms in total. The minimum Gasteiger partial charge on any atom is -0.363 e. The summed E-state index contributed by atoms with van der Waals surface area (Å²) in [6, 6.07) is 8.39. The minimum absolute atomic E-state index is 0.321. The van der Waals surface area contributed by atoms with Crippen LogP contribution in [0.1, 0.15) is 24.2 Å². The lowest BCUT2D eigenvalue weighted by atomic mass is 9.97. The van der Waals surface area contributed by atoms with Gasteiger partial charge in [0.15, 0.2) is 0 Å². The summed E-state index contributed by atoms with van der Waals surface area (Å²) >= 11 is 0.869. The number of carbonyl (C=O) groups excluding carboxylic acids is 2. The molecular weight excluding hydrogens is 519 g/mol. The quantitative estimate of drug-likeness (QED) is 0.406. The van der Waals surface area contributed by atoms with Crippen LogP contribution in [0.4, 0.5) is 21.0 Å². The highest BCUT2D eigenvalue weighted by molar-refractivity contribution is 8.18. The molecule has 39 heavy (non-hydrogen) atoms. The Morgan fingerprint density at radius 3 is 2.67 bits per heavy atom. The van der Waals surface area contributed by atoms with Gasteiger partial charge in [-0.05, 0) is 67.4 Å². The number of imide groups is 1. The first-order valence-corrected chi connectivity index (χ1v) is 13.5. The Kier molecular flexibility index (Phi) is 8.13. The van der Waals surface area contributed by atoms with Crippen molar-refractivity contribution in [2.24, 2.45) is 5.92 Å². The van der Waals surface area contributed by atoms with E-state index in [-0.39, 0.29) is 11.1 Å². The van der Waals surface area contributed by atoms with Crippen molar-refractivity contribution >= 4 is 40.8 Å². The fourth-order valence-electron chi connectivity index (χ4n) is 4.48. The van der Waals surface area contributed by atoms with Gasteiger partial charge >= 0.3 is 0 Å². The molecule has 2 fully saturated rings. The third-order valence-corrected chi connectivity index (χ3v) is 7.38. The second kappa shape index (κ2) is 11.9. The molecule has 2 saturated heterocycles. The van der Waals surface area contributed by atoms with Gasteiger partial charge in [-0.1, -0.05) is 0 Å². The standard InChI is InChI=1S/C27H29FN8O2S/c1-35(2)24-4-3-18(15-31-24)22-12-19(28)11-21(32-22)16-29-14-17-6-9-36(10-7-17)26-30-8-5-20(33-26)13-23-25(37)34-27(38)39-23/h3-5,8,11-13,15,17,29H,6-7,9-10,14,16H2,1-2H3,(H,34,37,38)/b23-13-. The van der Waals surface area contributed by atoms with E-state index >= 15 is 0 Å². The summed E-state index contributed by atoms with van der Waals surface area (Å²) < 4.78 is 14.3. The van der Waals surface area contributed by atoms with Gasteiger partial charge in [-0.2, -0.15) is 0 Å². The third kappa shape index (κ3) is 6.76. The Balaban J connectivity index is 1.13. The van der Waals surface area contributed by atoms with Crippen molar-refractivity contribution in [3.05, 3.63) is 64.8 Å². The topological polar surface area (TPSA) is 116 Å². The zero-order chi connectivity index (χ0) is 27.4. The fourth-order valence-corrected chi connectivity index (χ4v) is 5.15. The van der Waals surface area contributed by atoms with E-state index < -0.39 is 5.91 Å². The number of aromatic nitrogens is 4. The van der Waals surface area contributed by atoms with Crippen LogP contribution < -0.4 is 20.4 Å². The SMILES string of the molecule is CN(C)c1ccc(-c2cc(F)cc(CNCC3CCN(c4nccc(/C=C5\SC(=O)NC5=O)n4)CC3)n2)cn1. The van der Waals surface area contributed by atoms with Crippen molar-refractivity contribution in [3.63, 3.8) is 0 Å². The number of thioether (sulfide) groups is 1. The van der Waals surface area contributed by atoms with Gasteiger partial charge < -0.3 is 15.1 Å². The molecule has 2 aliphatic rings. The van der Waals surface area contributed by atoms with Crippen molar-refractivity contribution in [2.75, 3.05) is 43.5 Å². The molecule has 202 valence electrons. The number of nitrogens with one attached hydrogen (secondary N) is 2. The lowest BCUT2D eigenvalue weighted by Gasteiger charge is -2.32. The summed E-state index contributed by atoms with van der Waals surface area (Å²) in [5.74, 6) is 1.17. The normalized spacial score (nSPS) is 17.1. The highest BCUT2D eigenvalue weighted by Gasteiger charge is 2.26. The molecule has 0 saturated carbocycles. The molecule has 3 aromatic heterocycles. The number of pyridine rings is 2. The van der Waals surface area contributed by atoms with Gasteiger partial charge in [0.05, 0.1) is 22.0 Å². The average Bonchev–Trinajstić information content (AvgIpc) is 3.25. The monoisotopic (exact) mass is 548 g/mol. The van der Waals surface area contributed by atoms with Crippen LogP contribution in [-0.4, -0.2) is 64.8 Å². The summed E-state index contributed by atoms with van der Waals surface area (Å²) in [6.07, 6.45) is 6.90. The van der Waals surface area contributed by atoms with Crippen LogP contribution in [-0.2, 0) is 11.3 Å². The lowest BCUT2D eigenvalue weighted by molar-refractivity contribution is -0.115. The molecule has 12 heteroatoms. The average molecular weight is 549 g/mol. The summed E-state index contributed by atoms with van der Waals surface area (Å²) in [4.78, 5) is 45.6. The number of amides is 2. The number of carbonyl (C=O) groups is 2. The summed E-state index contributed by atoms with van der Waals surface area (Å²) in [5.41, 5.74) is 2.57. The minimum atomic E-state index is -0.404. The van der Waals surface area contributed by atoms with E-state index in [1.165, 1.54) is 12.1 Å². The number of hydrogen-bond acceptors (Lipinski definition) is 10. The Morgan fingerprint density at radius 1 is 1.15 bits per heavy atom. The fraction of sp³-hybridized carbons (Fsp3) is 0.333. The van der Waals surface area contributed by atoms with Gasteiger partial charge in [0.25, 0.3) is 11.1 Å². The number of rotatable bonds is 8. The Labute approximate surface area is 230 Å². The predicted molar refractivity (Wildman–Crippen MR) is 150 cm³/mol. The van der Waals surface area contributed by atoms with Crippen LogP contribution in [0.3, 0.4) is 0 Å². The number of nitrogens with zero attached hydrogens (tertiary/aromatic N) is 6. The van der Waals surface area contributed by atoms with Crippen molar-refractivity contribution in [2.45, 2.75) is 19.4 Å². The largest absolute Gasteiger partial charge is 0.363 e. The number of hydrogen-bond donors (Lipinski definition) is 2. The first kappa shape index (κ1) is 26.7. The van der Waals surface area contributed by atoms with Gasteiger partial charge in [-0.25, -0.2) is 19.3 Å². The smallest absolute Gasteiger partial charge is 0.290 e. The van der Waals surface area contributed by atoms with Crippen LogP contribution in [0, 0.1) is 11.7 Å². The molecule has 0 aromatic carbocycles. The number of piperidine rings is 1. The molecular formula is C27H29FN8O2S. The lowest BCUT2D eigenvalue weighted by Crippen LogP contribution is -2.38. The number of anilines is 2. The van der Waals surface area contributed by atoms with Crippen molar-refractivity contribution in [1.29, 1.82) is 0 Å². The first-order valence-electron chi connectivity index (χ1n) is 12.7. The van der Waals surface area contributed by atoms with Gasteiger partial charge in [0.1, 0.15) is 11.6 Å². The van der Waals surface area contributed by atoms with E-state index in [9.17, 15) is 14.0 Å². The van der Waals surface area contributed by atoms with Crippen LogP contribution in [0.15, 0.2) is 47.6 Å². The first-order chi connectivity index (χ1) is 18.8. The molecule has 3 aromatic rings. The Hall–Kier alpha value is -3.90. The molecule has 0 spiro atoms. The van der Waals surface area contributed by atoms with Crippen molar-refractivity contribution in [1.82, 2.24) is 30.6 Å². The summed E-state index contributed by atoms with van der Waals surface area (Å²) in [5, 5.41) is 5.30. The van der Waals surface area contributed by atoms with Gasteiger partial charge in [-0.15, -0.1) is 0 Å². The van der Waals surface area contributed by atoms with Gasteiger partial charge in [-0.3, -0.25) is 19.9 Å². The van der Waals surface area contributed by atoms with Crippen LogP contribution in [0.25, 0.3) is 17.3 Å². The van der Waals surface area contributed by atoms with Gasteiger partial charge in [0.2, 0.25) is 5.95 Å². The van der Waals surface area contributed by atoms with Crippen molar-refractivity contribution in [3.8, 4) is 11.3 Å². The Bertz CT molecular complexity index is 1390. The predicted octanol–water partition coefficient (Wildman–Crippen LogP) is 3.47. The van der Waals surface area contributed by atoms with E-state index in [1.54, 1.807) is 24.5 Å². The zero-order valence-corrected chi connectivity index (χ0v) is 22.5. The molecule has 0 unspecified atom stereocenters. The van der Waals surface area contributed by atoms with E-state index in [4.69, 9.17) is 0 Å². The molecule has 0 atom stereocenters. The van der Waals surface area contributed by atoms with Crippen LogP contribution in [0.5, 0.6) is 0 Å². The molecule has 2 N–H and O–H groups in total. The second-order valence-corrected chi connectivity index (χ2v) is 10.7. The van der Waals surface area contributed by atoms with E-state index in [0.29, 0.717) is 40.4 Å². The highest BCUT2D eigenvalue weighted by atomic mass is 32.2. The summed E-state index contributed by atoms with van der Waals surface area (Å²) in [6.45, 7) is 2.88. The zero-order valence-electron chi connectivity index (χ0n) is 21.7. The van der Waals surface area contributed by atoms with Crippen molar-refractivity contribution < 1.29 is 14.0 Å². The highest BCUT2D eigenvalue weighted by Crippen LogP contribution is 2.26. The van der Waals surface area contributed by atoms with E-state index in [0.717, 1.165) is 55.6 Å². The number of halogens is 1. The molecule has 5 heterocycles. The maximum Gasteiger partial charge on any atom is 0.290 e. The third-order valence-electron chi connectivity index (χ3n) is 6.57.